The summed E-state index contributed by atoms with van der Waals surface area (Å²) in [4.78, 5) is 4.58. The van der Waals surface area contributed by atoms with Crippen LogP contribution >= 0.6 is 0 Å². The molecule has 0 bridgehead atoms. The fourth-order valence-electron chi connectivity index (χ4n) is 2.46. The van der Waals surface area contributed by atoms with Gasteiger partial charge in [-0.1, -0.05) is 26.3 Å². The second-order valence-corrected chi connectivity index (χ2v) is 5.87. The minimum atomic E-state index is 0.375. The molecule has 2 rings (SSSR count). The third-order valence-electron chi connectivity index (χ3n) is 3.48. The quantitative estimate of drug-likeness (QED) is 0.851. The number of aromatic nitrogens is 1. The van der Waals surface area contributed by atoms with E-state index in [0.29, 0.717) is 12.0 Å². The first-order valence-corrected chi connectivity index (χ1v) is 7.57. The van der Waals surface area contributed by atoms with E-state index in [1.54, 1.807) is 0 Å². The molecule has 0 saturated heterocycles. The molecule has 0 amide bonds. The van der Waals surface area contributed by atoms with Gasteiger partial charge in [0.1, 0.15) is 6.10 Å². The first kappa shape index (κ1) is 14.3. The second kappa shape index (κ2) is 7.49. The minimum absolute atomic E-state index is 0.375. The second-order valence-electron chi connectivity index (χ2n) is 5.87. The highest BCUT2D eigenvalue weighted by Crippen LogP contribution is 2.22. The Balaban J connectivity index is 1.83. The van der Waals surface area contributed by atoms with Crippen LogP contribution in [0.15, 0.2) is 18.2 Å². The smallest absolute Gasteiger partial charge is 0.213 e. The van der Waals surface area contributed by atoms with E-state index in [1.807, 2.05) is 12.1 Å². The van der Waals surface area contributed by atoms with Crippen LogP contribution in [0.4, 0.5) is 0 Å². The number of nitrogens with zero attached hydrogens (tertiary/aromatic N) is 1. The highest BCUT2D eigenvalue weighted by Gasteiger charge is 2.15. The average molecular weight is 262 g/mol. The van der Waals surface area contributed by atoms with Crippen molar-refractivity contribution in [2.75, 3.05) is 6.54 Å². The van der Waals surface area contributed by atoms with Crippen molar-refractivity contribution in [2.45, 2.75) is 58.6 Å². The number of pyridine rings is 1. The summed E-state index contributed by atoms with van der Waals surface area (Å²) in [6.45, 7) is 6.27. The molecule has 3 heteroatoms. The van der Waals surface area contributed by atoms with Gasteiger partial charge < -0.3 is 10.1 Å². The number of ether oxygens (including phenoxy) is 1. The molecule has 1 N–H and O–H groups in total. The van der Waals surface area contributed by atoms with Crippen LogP contribution in [-0.2, 0) is 6.54 Å². The number of hydrogen-bond donors (Lipinski definition) is 1. The van der Waals surface area contributed by atoms with E-state index in [9.17, 15) is 0 Å². The monoisotopic (exact) mass is 262 g/mol. The van der Waals surface area contributed by atoms with Crippen LogP contribution in [-0.4, -0.2) is 17.6 Å². The number of nitrogens with one attached hydrogen (secondary N) is 1. The Bertz CT molecular complexity index is 373. The van der Waals surface area contributed by atoms with Crippen molar-refractivity contribution in [3.63, 3.8) is 0 Å². The summed E-state index contributed by atoms with van der Waals surface area (Å²) in [7, 11) is 0. The molecule has 1 aromatic rings. The van der Waals surface area contributed by atoms with Crippen LogP contribution in [0.3, 0.4) is 0 Å². The van der Waals surface area contributed by atoms with Crippen molar-refractivity contribution in [3.8, 4) is 5.88 Å². The highest BCUT2D eigenvalue weighted by molar-refractivity contribution is 5.16. The van der Waals surface area contributed by atoms with E-state index in [2.05, 4.69) is 30.2 Å². The topological polar surface area (TPSA) is 34.1 Å². The molecule has 3 nitrogen and oxygen atoms in total. The Morgan fingerprint density at radius 1 is 1.26 bits per heavy atom. The van der Waals surface area contributed by atoms with Gasteiger partial charge in [-0.05, 0) is 44.2 Å². The van der Waals surface area contributed by atoms with Gasteiger partial charge in [0.05, 0.1) is 5.69 Å². The van der Waals surface area contributed by atoms with Gasteiger partial charge in [-0.2, -0.15) is 0 Å². The van der Waals surface area contributed by atoms with E-state index in [4.69, 9.17) is 4.74 Å². The van der Waals surface area contributed by atoms with Gasteiger partial charge in [0.25, 0.3) is 0 Å². The lowest BCUT2D eigenvalue weighted by molar-refractivity contribution is 0.148. The molecule has 1 aliphatic carbocycles. The molecule has 1 aromatic heterocycles. The van der Waals surface area contributed by atoms with Crippen LogP contribution < -0.4 is 10.1 Å². The third-order valence-corrected chi connectivity index (χ3v) is 3.48. The number of hydrogen-bond acceptors (Lipinski definition) is 3. The molecule has 0 atom stereocenters. The van der Waals surface area contributed by atoms with Crippen LogP contribution in [0.25, 0.3) is 0 Å². The van der Waals surface area contributed by atoms with Crippen molar-refractivity contribution < 1.29 is 4.74 Å². The molecule has 0 unspecified atom stereocenters. The standard InChI is InChI=1S/C16H26N2O/c1-13(2)11-17-12-14-7-6-10-16(18-14)19-15-8-4-3-5-9-15/h6-7,10,13,15,17H,3-5,8-9,11-12H2,1-2H3. The summed E-state index contributed by atoms with van der Waals surface area (Å²) in [6, 6.07) is 6.07. The van der Waals surface area contributed by atoms with Crippen LogP contribution in [0.2, 0.25) is 0 Å². The molecule has 0 aliphatic heterocycles. The van der Waals surface area contributed by atoms with Crippen molar-refractivity contribution >= 4 is 0 Å². The van der Waals surface area contributed by atoms with Gasteiger partial charge in [0.2, 0.25) is 5.88 Å². The van der Waals surface area contributed by atoms with Gasteiger partial charge in [-0.3, -0.25) is 0 Å². The zero-order valence-corrected chi connectivity index (χ0v) is 12.2. The predicted molar refractivity (Wildman–Crippen MR) is 78.3 cm³/mol. The summed E-state index contributed by atoms with van der Waals surface area (Å²) >= 11 is 0. The van der Waals surface area contributed by atoms with Gasteiger partial charge in [-0.15, -0.1) is 0 Å². The maximum Gasteiger partial charge on any atom is 0.213 e. The molecule has 0 radical (unpaired) electrons. The van der Waals surface area contributed by atoms with Crippen molar-refractivity contribution in [1.82, 2.24) is 10.3 Å². The van der Waals surface area contributed by atoms with Gasteiger partial charge >= 0.3 is 0 Å². The Hall–Kier alpha value is -1.09. The maximum atomic E-state index is 5.98. The van der Waals surface area contributed by atoms with E-state index in [0.717, 1.165) is 24.7 Å². The molecule has 106 valence electrons. The summed E-state index contributed by atoms with van der Waals surface area (Å²) in [6.07, 6.45) is 6.67. The zero-order valence-electron chi connectivity index (χ0n) is 12.2. The predicted octanol–water partition coefficient (Wildman–Crippen LogP) is 3.54. The molecule has 0 aromatic carbocycles. The Morgan fingerprint density at radius 3 is 2.79 bits per heavy atom. The SMILES string of the molecule is CC(C)CNCc1cccc(OC2CCCCC2)n1. The summed E-state index contributed by atoms with van der Waals surface area (Å²) in [5.74, 6) is 1.46. The fourth-order valence-corrected chi connectivity index (χ4v) is 2.46. The van der Waals surface area contributed by atoms with Crippen molar-refractivity contribution in [1.29, 1.82) is 0 Å². The fraction of sp³-hybridized carbons (Fsp3) is 0.688. The molecular formula is C16H26N2O. The highest BCUT2D eigenvalue weighted by atomic mass is 16.5. The van der Waals surface area contributed by atoms with Gasteiger partial charge in [0.15, 0.2) is 0 Å². The Labute approximate surface area is 116 Å². The van der Waals surface area contributed by atoms with Crippen molar-refractivity contribution in [2.24, 2.45) is 5.92 Å². The van der Waals surface area contributed by atoms with Crippen LogP contribution in [0.1, 0.15) is 51.6 Å². The van der Waals surface area contributed by atoms with Gasteiger partial charge in [0, 0.05) is 12.6 Å². The Morgan fingerprint density at radius 2 is 2.05 bits per heavy atom. The number of rotatable bonds is 6. The van der Waals surface area contributed by atoms with E-state index >= 15 is 0 Å². The zero-order chi connectivity index (χ0) is 13.5. The summed E-state index contributed by atoms with van der Waals surface area (Å²) in [5, 5.41) is 3.41. The molecule has 1 fully saturated rings. The van der Waals surface area contributed by atoms with Gasteiger partial charge in [-0.25, -0.2) is 4.98 Å². The summed E-state index contributed by atoms with van der Waals surface area (Å²) in [5.41, 5.74) is 1.06. The largest absolute Gasteiger partial charge is 0.474 e. The average Bonchev–Trinajstić information content (AvgIpc) is 2.40. The molecule has 1 saturated carbocycles. The van der Waals surface area contributed by atoms with E-state index in [1.165, 1.54) is 32.1 Å². The normalized spacial score (nSPS) is 16.8. The Kier molecular flexibility index (Phi) is 5.64. The van der Waals surface area contributed by atoms with E-state index < -0.39 is 0 Å². The first-order chi connectivity index (χ1) is 9.24. The lowest BCUT2D eigenvalue weighted by Crippen LogP contribution is -2.21. The van der Waals surface area contributed by atoms with Crippen LogP contribution in [0.5, 0.6) is 5.88 Å². The van der Waals surface area contributed by atoms with E-state index in [-0.39, 0.29) is 0 Å². The molecular weight excluding hydrogens is 236 g/mol. The molecule has 0 spiro atoms. The lowest BCUT2D eigenvalue weighted by Gasteiger charge is -2.22. The molecule has 1 heterocycles. The maximum absolute atomic E-state index is 5.98. The minimum Gasteiger partial charge on any atom is -0.474 e. The van der Waals surface area contributed by atoms with Crippen molar-refractivity contribution in [3.05, 3.63) is 23.9 Å². The third kappa shape index (κ3) is 5.19. The van der Waals surface area contributed by atoms with Crippen LogP contribution in [0, 0.1) is 5.92 Å². The lowest BCUT2D eigenvalue weighted by atomic mass is 9.98. The molecule has 19 heavy (non-hydrogen) atoms. The summed E-state index contributed by atoms with van der Waals surface area (Å²) < 4.78 is 5.98. The first-order valence-electron chi connectivity index (χ1n) is 7.57. The molecule has 1 aliphatic rings.